The minimum Gasteiger partial charge on any atom is -0.398 e. The summed E-state index contributed by atoms with van der Waals surface area (Å²) in [6.45, 7) is 1.76. The lowest BCUT2D eigenvalue weighted by Gasteiger charge is -2.32. The lowest BCUT2D eigenvalue weighted by Crippen LogP contribution is -2.43. The Morgan fingerprint density at radius 2 is 2.12 bits per heavy atom. The highest BCUT2D eigenvalue weighted by Crippen LogP contribution is 2.32. The summed E-state index contributed by atoms with van der Waals surface area (Å²) in [4.78, 5) is 0.987. The average Bonchev–Trinajstić information content (AvgIpc) is 2.29. The molecule has 1 aliphatic rings. The van der Waals surface area contributed by atoms with Gasteiger partial charge in [0.1, 0.15) is 0 Å². The van der Waals surface area contributed by atoms with Crippen LogP contribution in [0.3, 0.4) is 0 Å². The van der Waals surface area contributed by atoms with Crippen molar-refractivity contribution in [2.75, 3.05) is 24.6 Å². The number of nitrogen functional groups attached to an aromatic ring is 1. The van der Waals surface area contributed by atoms with Gasteiger partial charge in [0.05, 0.1) is 5.60 Å². The number of rotatable bonds is 3. The second-order valence-electron chi connectivity index (χ2n) is 4.45. The molecule has 0 aliphatic carbocycles. The van der Waals surface area contributed by atoms with E-state index < -0.39 is 5.60 Å². The number of hydrogen-bond acceptors (Lipinski definition) is 4. The van der Waals surface area contributed by atoms with E-state index in [-0.39, 0.29) is 0 Å². The Hall–Kier alpha value is -0.420. The molecule has 1 saturated heterocycles. The molecule has 17 heavy (non-hydrogen) atoms. The Balaban J connectivity index is 1.97. The Labute approximate surface area is 111 Å². The predicted molar refractivity (Wildman–Crippen MR) is 73.6 cm³/mol. The van der Waals surface area contributed by atoms with Gasteiger partial charge in [-0.25, -0.2) is 0 Å². The third kappa shape index (κ3) is 3.52. The van der Waals surface area contributed by atoms with Crippen molar-refractivity contribution in [3.63, 3.8) is 0 Å². The maximum atomic E-state index is 10.4. The molecule has 1 aromatic rings. The van der Waals surface area contributed by atoms with Crippen molar-refractivity contribution in [2.24, 2.45) is 0 Å². The van der Waals surface area contributed by atoms with Crippen molar-refractivity contribution < 1.29 is 5.11 Å². The minimum absolute atomic E-state index is 0.567. The summed E-state index contributed by atoms with van der Waals surface area (Å²) in [5, 5.41) is 14.2. The van der Waals surface area contributed by atoms with Gasteiger partial charge in [0.2, 0.25) is 0 Å². The number of nitrogens with one attached hydrogen (secondary N) is 1. The van der Waals surface area contributed by atoms with Crippen molar-refractivity contribution in [3.8, 4) is 0 Å². The largest absolute Gasteiger partial charge is 0.398 e. The number of hydrogen-bond donors (Lipinski definition) is 3. The van der Waals surface area contributed by atoms with Gasteiger partial charge in [-0.1, -0.05) is 11.6 Å². The molecule has 0 amide bonds. The standard InChI is InChI=1S/C12H17ClN2OS/c13-9-1-2-11(10(14)7-9)17-8-12(16)3-5-15-6-4-12/h1-2,7,15-16H,3-6,8,14H2. The molecule has 3 nitrogen and oxygen atoms in total. The molecule has 0 spiro atoms. The lowest BCUT2D eigenvalue weighted by molar-refractivity contribution is 0.0339. The van der Waals surface area contributed by atoms with E-state index >= 15 is 0 Å². The third-order valence-corrected chi connectivity index (χ3v) is 4.60. The molecule has 0 atom stereocenters. The van der Waals surface area contributed by atoms with Gasteiger partial charge in [-0.2, -0.15) is 0 Å². The van der Waals surface area contributed by atoms with Gasteiger partial charge in [0, 0.05) is 21.4 Å². The highest BCUT2D eigenvalue weighted by molar-refractivity contribution is 7.99. The summed E-state index contributed by atoms with van der Waals surface area (Å²) in [5.74, 6) is 0.681. The number of halogens is 1. The van der Waals surface area contributed by atoms with Gasteiger partial charge >= 0.3 is 0 Å². The fraction of sp³-hybridized carbons (Fsp3) is 0.500. The molecular formula is C12H17ClN2OS. The average molecular weight is 273 g/mol. The summed E-state index contributed by atoms with van der Waals surface area (Å²) in [5.41, 5.74) is 5.99. The third-order valence-electron chi connectivity index (χ3n) is 3.00. The monoisotopic (exact) mass is 272 g/mol. The first-order chi connectivity index (χ1) is 8.09. The van der Waals surface area contributed by atoms with Gasteiger partial charge in [-0.3, -0.25) is 0 Å². The molecule has 0 radical (unpaired) electrons. The first kappa shape index (κ1) is 13.0. The topological polar surface area (TPSA) is 58.3 Å². The maximum absolute atomic E-state index is 10.4. The van der Waals surface area contributed by atoms with Gasteiger partial charge in [0.15, 0.2) is 0 Å². The number of piperidine rings is 1. The molecular weight excluding hydrogens is 256 g/mol. The lowest BCUT2D eigenvalue weighted by atomic mass is 9.95. The van der Waals surface area contributed by atoms with Crippen LogP contribution in [0.15, 0.2) is 23.1 Å². The fourth-order valence-corrected chi connectivity index (χ4v) is 3.18. The molecule has 0 bridgehead atoms. The van der Waals surface area contributed by atoms with Crippen LogP contribution in [0.25, 0.3) is 0 Å². The summed E-state index contributed by atoms with van der Waals surface area (Å²) in [6.07, 6.45) is 1.60. The van der Waals surface area contributed by atoms with Gasteiger partial charge in [-0.15, -0.1) is 11.8 Å². The molecule has 1 aliphatic heterocycles. The Bertz CT molecular complexity index is 394. The first-order valence-electron chi connectivity index (χ1n) is 5.70. The predicted octanol–water partition coefficient (Wildman–Crippen LogP) is 2.13. The molecule has 0 saturated carbocycles. The second kappa shape index (κ2) is 5.48. The normalized spacial score (nSPS) is 19.2. The van der Waals surface area contributed by atoms with E-state index in [4.69, 9.17) is 17.3 Å². The van der Waals surface area contributed by atoms with Gasteiger partial charge in [-0.05, 0) is 44.1 Å². The van der Waals surface area contributed by atoms with Crippen LogP contribution in [-0.4, -0.2) is 29.5 Å². The summed E-state index contributed by atoms with van der Waals surface area (Å²) in [7, 11) is 0. The summed E-state index contributed by atoms with van der Waals surface area (Å²) < 4.78 is 0. The highest BCUT2D eigenvalue weighted by atomic mass is 35.5. The summed E-state index contributed by atoms with van der Waals surface area (Å²) >= 11 is 7.45. The summed E-state index contributed by atoms with van der Waals surface area (Å²) in [6, 6.07) is 5.48. The number of aliphatic hydroxyl groups is 1. The fourth-order valence-electron chi connectivity index (χ4n) is 1.90. The molecule has 1 heterocycles. The van der Waals surface area contributed by atoms with E-state index in [9.17, 15) is 5.11 Å². The zero-order valence-corrected chi connectivity index (χ0v) is 11.2. The first-order valence-corrected chi connectivity index (χ1v) is 7.06. The van der Waals surface area contributed by atoms with E-state index in [1.807, 2.05) is 12.1 Å². The zero-order chi connectivity index (χ0) is 12.3. The van der Waals surface area contributed by atoms with Gasteiger partial charge < -0.3 is 16.2 Å². The molecule has 0 aromatic heterocycles. The maximum Gasteiger partial charge on any atom is 0.0765 e. The van der Waals surface area contributed by atoms with E-state index in [0.29, 0.717) is 16.5 Å². The van der Waals surface area contributed by atoms with E-state index in [1.54, 1.807) is 17.8 Å². The Morgan fingerprint density at radius 1 is 1.41 bits per heavy atom. The van der Waals surface area contributed by atoms with Crippen molar-refractivity contribution in [2.45, 2.75) is 23.3 Å². The molecule has 2 rings (SSSR count). The zero-order valence-electron chi connectivity index (χ0n) is 9.58. The van der Waals surface area contributed by atoms with Crippen LogP contribution >= 0.6 is 23.4 Å². The molecule has 5 heteroatoms. The Morgan fingerprint density at radius 3 is 2.76 bits per heavy atom. The molecule has 4 N–H and O–H groups in total. The van der Waals surface area contributed by atoms with Gasteiger partial charge in [0.25, 0.3) is 0 Å². The SMILES string of the molecule is Nc1cc(Cl)ccc1SCC1(O)CCNCC1. The van der Waals surface area contributed by atoms with E-state index in [1.165, 1.54) is 0 Å². The van der Waals surface area contributed by atoms with Crippen LogP contribution < -0.4 is 11.1 Å². The smallest absolute Gasteiger partial charge is 0.0765 e. The van der Waals surface area contributed by atoms with Crippen LogP contribution in [0.2, 0.25) is 5.02 Å². The number of anilines is 1. The van der Waals surface area contributed by atoms with Crippen LogP contribution in [0.5, 0.6) is 0 Å². The molecule has 1 fully saturated rings. The van der Waals surface area contributed by atoms with Crippen LogP contribution in [0.1, 0.15) is 12.8 Å². The van der Waals surface area contributed by atoms with E-state index in [2.05, 4.69) is 5.32 Å². The number of benzene rings is 1. The molecule has 0 unspecified atom stereocenters. The Kier molecular flexibility index (Phi) is 4.20. The van der Waals surface area contributed by atoms with Crippen LogP contribution in [0.4, 0.5) is 5.69 Å². The number of thioether (sulfide) groups is 1. The quantitative estimate of drug-likeness (QED) is 0.583. The van der Waals surface area contributed by atoms with Crippen LogP contribution in [-0.2, 0) is 0 Å². The van der Waals surface area contributed by atoms with Crippen LogP contribution in [0, 0.1) is 0 Å². The number of nitrogens with two attached hydrogens (primary N) is 1. The van der Waals surface area contributed by atoms with Crippen molar-refractivity contribution in [3.05, 3.63) is 23.2 Å². The second-order valence-corrected chi connectivity index (χ2v) is 5.90. The van der Waals surface area contributed by atoms with E-state index in [0.717, 1.165) is 30.8 Å². The van der Waals surface area contributed by atoms with Crippen molar-refractivity contribution in [1.82, 2.24) is 5.32 Å². The van der Waals surface area contributed by atoms with Crippen molar-refractivity contribution in [1.29, 1.82) is 0 Å². The highest BCUT2D eigenvalue weighted by Gasteiger charge is 2.29. The molecule has 1 aromatic carbocycles. The molecule has 94 valence electrons. The van der Waals surface area contributed by atoms with Crippen molar-refractivity contribution >= 4 is 29.1 Å². The minimum atomic E-state index is -0.567.